The van der Waals surface area contributed by atoms with Crippen LogP contribution in [0.15, 0.2) is 0 Å². The van der Waals surface area contributed by atoms with Crippen molar-refractivity contribution < 1.29 is 4.79 Å². The van der Waals surface area contributed by atoms with Crippen LogP contribution >= 0.6 is 11.8 Å². The lowest BCUT2D eigenvalue weighted by Crippen LogP contribution is -2.41. The average molecular weight is 230 g/mol. The molecule has 1 saturated heterocycles. The van der Waals surface area contributed by atoms with Crippen molar-refractivity contribution >= 4 is 17.7 Å². The molecule has 1 fully saturated rings. The molecule has 0 unspecified atom stereocenters. The van der Waals surface area contributed by atoms with Crippen LogP contribution in [0.1, 0.15) is 26.2 Å². The van der Waals surface area contributed by atoms with Gasteiger partial charge >= 0.3 is 0 Å². The molecular weight excluding hydrogens is 208 g/mol. The summed E-state index contributed by atoms with van der Waals surface area (Å²) in [6.07, 6.45) is 3.64. The molecule has 0 spiro atoms. The first-order valence-electron chi connectivity index (χ1n) is 5.91. The number of hydrogen-bond acceptors (Lipinski definition) is 3. The van der Waals surface area contributed by atoms with E-state index >= 15 is 0 Å². The number of carbonyl (C=O) groups excluding carboxylic acids is 1. The molecule has 0 aliphatic carbocycles. The Kier molecular flexibility index (Phi) is 6.85. The van der Waals surface area contributed by atoms with Gasteiger partial charge in [0.15, 0.2) is 0 Å². The molecule has 3 nitrogen and oxygen atoms in total. The molecule has 0 aromatic carbocycles. The van der Waals surface area contributed by atoms with Crippen LogP contribution in [0.4, 0.5) is 0 Å². The highest BCUT2D eigenvalue weighted by Gasteiger charge is 2.15. The second-order valence-corrected chi connectivity index (χ2v) is 5.21. The van der Waals surface area contributed by atoms with Crippen molar-refractivity contribution in [2.45, 2.75) is 26.2 Å². The van der Waals surface area contributed by atoms with E-state index in [0.29, 0.717) is 6.54 Å². The van der Waals surface area contributed by atoms with E-state index in [1.54, 1.807) is 0 Å². The number of rotatable bonds is 6. The Morgan fingerprint density at radius 2 is 2.07 bits per heavy atom. The summed E-state index contributed by atoms with van der Waals surface area (Å²) in [5.74, 6) is 2.53. The number of hydrogen-bond donors (Lipinski definition) is 1. The lowest BCUT2D eigenvalue weighted by atomic mass is 10.1. The third kappa shape index (κ3) is 5.42. The lowest BCUT2D eigenvalue weighted by molar-refractivity contribution is -0.131. The largest absolute Gasteiger partial charge is 0.342 e. The molecule has 1 aliphatic heterocycles. The molecule has 4 heteroatoms. The number of nitrogens with zero attached hydrogens (tertiary/aromatic N) is 1. The van der Waals surface area contributed by atoms with Gasteiger partial charge in [-0.1, -0.05) is 6.92 Å². The third-order valence-electron chi connectivity index (χ3n) is 2.61. The van der Waals surface area contributed by atoms with Crippen molar-refractivity contribution in [2.75, 3.05) is 37.7 Å². The predicted octanol–water partition coefficient (Wildman–Crippen LogP) is 1.34. The molecule has 0 saturated carbocycles. The Balaban J connectivity index is 2.02. The molecule has 0 aromatic rings. The van der Waals surface area contributed by atoms with Crippen LogP contribution in [0, 0.1) is 0 Å². The summed E-state index contributed by atoms with van der Waals surface area (Å²) in [4.78, 5) is 13.7. The Hall–Kier alpha value is -0.220. The third-order valence-corrected chi connectivity index (χ3v) is 3.51. The van der Waals surface area contributed by atoms with E-state index in [9.17, 15) is 4.79 Å². The fraction of sp³-hybridized carbons (Fsp3) is 0.909. The summed E-state index contributed by atoms with van der Waals surface area (Å²) < 4.78 is 0. The first kappa shape index (κ1) is 12.8. The van der Waals surface area contributed by atoms with Crippen LogP contribution < -0.4 is 5.32 Å². The van der Waals surface area contributed by atoms with Gasteiger partial charge in [0.05, 0.1) is 6.54 Å². The lowest BCUT2D eigenvalue weighted by Gasteiger charge is -2.26. The van der Waals surface area contributed by atoms with Crippen molar-refractivity contribution in [3.05, 3.63) is 0 Å². The fourth-order valence-electron chi connectivity index (χ4n) is 1.74. The number of thioether (sulfide) groups is 1. The van der Waals surface area contributed by atoms with Crippen LogP contribution in [-0.2, 0) is 4.79 Å². The van der Waals surface area contributed by atoms with Gasteiger partial charge in [-0.2, -0.15) is 11.8 Å². The van der Waals surface area contributed by atoms with Crippen LogP contribution in [0.3, 0.4) is 0 Å². The second kappa shape index (κ2) is 7.99. The minimum absolute atomic E-state index is 0.274. The van der Waals surface area contributed by atoms with E-state index in [1.807, 2.05) is 16.7 Å². The van der Waals surface area contributed by atoms with Crippen molar-refractivity contribution in [1.29, 1.82) is 0 Å². The smallest absolute Gasteiger partial charge is 0.236 e. The molecule has 0 bridgehead atoms. The summed E-state index contributed by atoms with van der Waals surface area (Å²) in [5.41, 5.74) is 0. The molecule has 0 aromatic heterocycles. The average Bonchev–Trinajstić information content (AvgIpc) is 2.30. The number of carbonyl (C=O) groups is 1. The molecular formula is C11H22N2OS. The standard InChI is InChI=1S/C11H22N2OS/c1-2-15-9-6-12-10-11(14)13-7-4-3-5-8-13/h12H,2-10H2,1H3. The van der Waals surface area contributed by atoms with Crippen molar-refractivity contribution in [2.24, 2.45) is 0 Å². The van der Waals surface area contributed by atoms with Gasteiger partial charge < -0.3 is 10.2 Å². The summed E-state index contributed by atoms with van der Waals surface area (Å²) in [7, 11) is 0. The minimum atomic E-state index is 0.274. The van der Waals surface area contributed by atoms with Gasteiger partial charge in [0, 0.05) is 25.4 Å². The summed E-state index contributed by atoms with van der Waals surface area (Å²) in [6.45, 7) is 5.54. The predicted molar refractivity (Wildman–Crippen MR) is 66.3 cm³/mol. The highest BCUT2D eigenvalue weighted by atomic mass is 32.2. The zero-order valence-electron chi connectivity index (χ0n) is 9.63. The quantitative estimate of drug-likeness (QED) is 0.699. The topological polar surface area (TPSA) is 32.3 Å². The van der Waals surface area contributed by atoms with E-state index in [2.05, 4.69) is 12.2 Å². The summed E-state index contributed by atoms with van der Waals surface area (Å²) in [5, 5.41) is 3.21. The Morgan fingerprint density at radius 1 is 1.33 bits per heavy atom. The van der Waals surface area contributed by atoms with Gasteiger partial charge in [0.2, 0.25) is 5.91 Å². The second-order valence-electron chi connectivity index (χ2n) is 3.82. The maximum Gasteiger partial charge on any atom is 0.236 e. The molecule has 1 amide bonds. The van der Waals surface area contributed by atoms with E-state index in [-0.39, 0.29) is 5.91 Å². The van der Waals surface area contributed by atoms with E-state index in [4.69, 9.17) is 0 Å². The summed E-state index contributed by atoms with van der Waals surface area (Å²) >= 11 is 1.91. The number of amides is 1. The minimum Gasteiger partial charge on any atom is -0.342 e. The van der Waals surface area contributed by atoms with Gasteiger partial charge in [0.25, 0.3) is 0 Å². The molecule has 1 rings (SSSR count). The van der Waals surface area contributed by atoms with Gasteiger partial charge in [-0.15, -0.1) is 0 Å². The van der Waals surface area contributed by atoms with Crippen LogP contribution in [0.2, 0.25) is 0 Å². The highest BCUT2D eigenvalue weighted by Crippen LogP contribution is 2.08. The molecule has 1 heterocycles. The zero-order valence-corrected chi connectivity index (χ0v) is 10.4. The molecule has 1 aliphatic rings. The molecule has 0 atom stereocenters. The monoisotopic (exact) mass is 230 g/mol. The van der Waals surface area contributed by atoms with E-state index < -0.39 is 0 Å². The maximum atomic E-state index is 11.7. The van der Waals surface area contributed by atoms with Crippen molar-refractivity contribution in [3.8, 4) is 0 Å². The normalized spacial score (nSPS) is 16.7. The Labute approximate surface area is 97.0 Å². The SMILES string of the molecule is CCSCCNCC(=O)N1CCCCC1. The number of piperidine rings is 1. The molecule has 0 radical (unpaired) electrons. The maximum absolute atomic E-state index is 11.7. The van der Waals surface area contributed by atoms with E-state index in [1.165, 1.54) is 19.3 Å². The van der Waals surface area contributed by atoms with Gasteiger partial charge in [-0.25, -0.2) is 0 Å². The van der Waals surface area contributed by atoms with Gasteiger partial charge in [-0.05, 0) is 25.0 Å². The van der Waals surface area contributed by atoms with Crippen molar-refractivity contribution in [3.63, 3.8) is 0 Å². The van der Waals surface area contributed by atoms with Crippen LogP contribution in [0.5, 0.6) is 0 Å². The first-order valence-corrected chi connectivity index (χ1v) is 7.06. The zero-order chi connectivity index (χ0) is 10.9. The van der Waals surface area contributed by atoms with Gasteiger partial charge in [0.1, 0.15) is 0 Å². The molecule has 1 N–H and O–H groups in total. The van der Waals surface area contributed by atoms with E-state index in [0.717, 1.165) is 31.1 Å². The van der Waals surface area contributed by atoms with Crippen LogP contribution in [-0.4, -0.2) is 48.5 Å². The molecule has 88 valence electrons. The number of nitrogens with one attached hydrogen (secondary N) is 1. The number of likely N-dealkylation sites (tertiary alicyclic amines) is 1. The summed E-state index contributed by atoms with van der Waals surface area (Å²) in [6, 6.07) is 0. The molecule has 15 heavy (non-hydrogen) atoms. The van der Waals surface area contributed by atoms with Gasteiger partial charge in [-0.3, -0.25) is 4.79 Å². The first-order chi connectivity index (χ1) is 7.34. The highest BCUT2D eigenvalue weighted by molar-refractivity contribution is 7.99. The van der Waals surface area contributed by atoms with Crippen LogP contribution in [0.25, 0.3) is 0 Å². The Morgan fingerprint density at radius 3 is 2.73 bits per heavy atom. The van der Waals surface area contributed by atoms with Crippen molar-refractivity contribution in [1.82, 2.24) is 10.2 Å². The fourth-order valence-corrected chi connectivity index (χ4v) is 2.32. The Bertz CT molecular complexity index is 181.